The molecule has 0 spiro atoms. The average Bonchev–Trinajstić information content (AvgIpc) is 2.06. The zero-order chi connectivity index (χ0) is 9.56. The van der Waals surface area contributed by atoms with Crippen molar-refractivity contribution in [2.24, 2.45) is 10.3 Å². The minimum absolute atomic E-state index is 0.101. The van der Waals surface area contributed by atoms with Crippen molar-refractivity contribution in [3.63, 3.8) is 0 Å². The third kappa shape index (κ3) is 2.57. The largest absolute Gasteiger partial charge is 0.461 e. The molecule has 68 valence electrons. The van der Waals surface area contributed by atoms with Crippen molar-refractivity contribution in [3.05, 3.63) is 0 Å². The second-order valence-electron chi connectivity index (χ2n) is 1.85. The van der Waals surface area contributed by atoms with E-state index in [1.807, 2.05) is 0 Å². The van der Waals surface area contributed by atoms with Gasteiger partial charge in [0.2, 0.25) is 5.71 Å². The maximum atomic E-state index is 10.9. The highest BCUT2D eigenvalue weighted by Gasteiger charge is 2.16. The van der Waals surface area contributed by atoms with Gasteiger partial charge >= 0.3 is 5.97 Å². The first-order valence-corrected chi connectivity index (χ1v) is 3.25. The van der Waals surface area contributed by atoms with Gasteiger partial charge in [-0.05, 0) is 13.8 Å². The molecule has 0 aliphatic heterocycles. The Morgan fingerprint density at radius 2 is 2.00 bits per heavy atom. The molecule has 0 amide bonds. The number of esters is 1. The van der Waals surface area contributed by atoms with Gasteiger partial charge in [0.25, 0.3) is 0 Å². The molecule has 0 unspecified atom stereocenters. The summed E-state index contributed by atoms with van der Waals surface area (Å²) in [6, 6.07) is 0. The monoisotopic (exact) mass is 174 g/mol. The van der Waals surface area contributed by atoms with E-state index in [-0.39, 0.29) is 12.3 Å². The average molecular weight is 174 g/mol. The molecule has 0 aromatic heterocycles. The smallest absolute Gasteiger partial charge is 0.362 e. The number of carbonyl (C=O) groups is 1. The van der Waals surface area contributed by atoms with Gasteiger partial charge in [-0.15, -0.1) is 0 Å². The summed E-state index contributed by atoms with van der Waals surface area (Å²) in [5, 5.41) is 21.9. The maximum absolute atomic E-state index is 10.9. The van der Waals surface area contributed by atoms with Gasteiger partial charge in [0.15, 0.2) is 0 Å². The quantitative estimate of drug-likeness (QED) is 0.277. The van der Waals surface area contributed by atoms with Crippen molar-refractivity contribution < 1.29 is 19.9 Å². The van der Waals surface area contributed by atoms with E-state index in [2.05, 4.69) is 15.0 Å². The Morgan fingerprint density at radius 3 is 2.33 bits per heavy atom. The summed E-state index contributed by atoms with van der Waals surface area (Å²) in [4.78, 5) is 10.9. The first-order valence-electron chi connectivity index (χ1n) is 3.25. The Hall–Kier alpha value is -1.59. The van der Waals surface area contributed by atoms with E-state index in [1.165, 1.54) is 6.92 Å². The highest BCUT2D eigenvalue weighted by atomic mass is 16.5. The van der Waals surface area contributed by atoms with E-state index in [0.717, 1.165) is 0 Å². The van der Waals surface area contributed by atoms with Crippen LogP contribution in [-0.4, -0.2) is 34.4 Å². The lowest BCUT2D eigenvalue weighted by Gasteiger charge is -2.00. The Kier molecular flexibility index (Phi) is 4.43. The molecule has 0 aliphatic rings. The van der Waals surface area contributed by atoms with Gasteiger partial charge in [-0.25, -0.2) is 4.79 Å². The fraction of sp³-hybridized carbons (Fsp3) is 0.500. The molecule has 0 rings (SSSR count). The predicted octanol–water partition coefficient (Wildman–Crippen LogP) is 0.230. The molecular weight excluding hydrogens is 164 g/mol. The standard InChI is InChI=1S/C6H10N2O4/c1-3-12-6(9)5(8-11)4(2)7-10/h10-11H,3H2,1-2H3/b7-4-,8-5-. The van der Waals surface area contributed by atoms with E-state index in [9.17, 15) is 4.79 Å². The first-order chi connectivity index (χ1) is 5.67. The lowest BCUT2D eigenvalue weighted by atomic mass is 10.2. The van der Waals surface area contributed by atoms with Gasteiger partial charge in [-0.3, -0.25) is 0 Å². The summed E-state index contributed by atoms with van der Waals surface area (Å²) in [7, 11) is 0. The lowest BCUT2D eigenvalue weighted by molar-refractivity contribution is -0.134. The normalized spacial score (nSPS) is 12.8. The third-order valence-electron chi connectivity index (χ3n) is 1.06. The van der Waals surface area contributed by atoms with Crippen molar-refractivity contribution in [1.29, 1.82) is 0 Å². The minimum Gasteiger partial charge on any atom is -0.461 e. The summed E-state index contributed by atoms with van der Waals surface area (Å²) in [5.41, 5.74) is -0.504. The number of hydrogen-bond acceptors (Lipinski definition) is 6. The molecular formula is C6H10N2O4. The molecule has 0 saturated carbocycles. The van der Waals surface area contributed by atoms with Gasteiger partial charge in [0.1, 0.15) is 5.71 Å². The zero-order valence-electron chi connectivity index (χ0n) is 6.81. The molecule has 2 N–H and O–H groups in total. The van der Waals surface area contributed by atoms with Crippen LogP contribution in [-0.2, 0) is 9.53 Å². The second kappa shape index (κ2) is 5.11. The summed E-state index contributed by atoms with van der Waals surface area (Å²) in [6.45, 7) is 3.08. The summed E-state index contributed by atoms with van der Waals surface area (Å²) in [5.74, 6) is -0.824. The summed E-state index contributed by atoms with van der Waals surface area (Å²) in [6.07, 6.45) is 0. The maximum Gasteiger partial charge on any atom is 0.362 e. The molecule has 0 radical (unpaired) electrons. The molecule has 0 heterocycles. The summed E-state index contributed by atoms with van der Waals surface area (Å²) < 4.78 is 4.50. The van der Waals surface area contributed by atoms with Crippen LogP contribution in [0.15, 0.2) is 10.3 Å². The third-order valence-corrected chi connectivity index (χ3v) is 1.06. The first kappa shape index (κ1) is 10.4. The van der Waals surface area contributed by atoms with Gasteiger partial charge in [0.05, 0.1) is 6.61 Å². The fourth-order valence-electron chi connectivity index (χ4n) is 0.508. The van der Waals surface area contributed by atoms with Crippen molar-refractivity contribution in [2.75, 3.05) is 6.61 Å². The Bertz CT molecular complexity index is 222. The number of carbonyl (C=O) groups excluding carboxylic acids is 1. The molecule has 6 nitrogen and oxygen atoms in total. The van der Waals surface area contributed by atoms with Crippen LogP contribution in [0.25, 0.3) is 0 Å². The van der Waals surface area contributed by atoms with Gasteiger partial charge in [-0.2, -0.15) is 0 Å². The minimum atomic E-state index is -0.824. The van der Waals surface area contributed by atoms with Crippen molar-refractivity contribution in [1.82, 2.24) is 0 Å². The number of hydrogen-bond donors (Lipinski definition) is 2. The molecule has 0 atom stereocenters. The van der Waals surface area contributed by atoms with Crippen molar-refractivity contribution in [2.45, 2.75) is 13.8 Å². The van der Waals surface area contributed by atoms with E-state index >= 15 is 0 Å². The number of nitrogens with zero attached hydrogens (tertiary/aromatic N) is 2. The highest BCUT2D eigenvalue weighted by Crippen LogP contribution is 1.88. The molecule has 0 aromatic carbocycles. The van der Waals surface area contributed by atoms with Crippen molar-refractivity contribution >= 4 is 17.4 Å². The Balaban J connectivity index is 4.48. The number of ether oxygens (including phenoxy) is 1. The van der Waals surface area contributed by atoms with Crippen LogP contribution in [0.2, 0.25) is 0 Å². The SMILES string of the molecule is CCOC(=O)C(=N\O)/C(C)=N\O. The Morgan fingerprint density at radius 1 is 1.42 bits per heavy atom. The van der Waals surface area contributed by atoms with Crippen LogP contribution in [0.4, 0.5) is 0 Å². The van der Waals surface area contributed by atoms with Gasteiger partial charge < -0.3 is 15.2 Å². The van der Waals surface area contributed by atoms with Crippen LogP contribution >= 0.6 is 0 Å². The molecule has 12 heavy (non-hydrogen) atoms. The van der Waals surface area contributed by atoms with Crippen LogP contribution in [0.5, 0.6) is 0 Å². The Labute approximate surface area is 69.1 Å². The molecule has 0 aromatic rings. The van der Waals surface area contributed by atoms with Crippen LogP contribution in [0, 0.1) is 0 Å². The molecule has 0 saturated heterocycles. The number of rotatable bonds is 3. The van der Waals surface area contributed by atoms with E-state index in [4.69, 9.17) is 10.4 Å². The lowest BCUT2D eigenvalue weighted by Crippen LogP contribution is -2.24. The molecule has 0 aliphatic carbocycles. The van der Waals surface area contributed by atoms with Crippen LogP contribution in [0.1, 0.15) is 13.8 Å². The van der Waals surface area contributed by atoms with Gasteiger partial charge in [-0.1, -0.05) is 10.3 Å². The zero-order valence-corrected chi connectivity index (χ0v) is 6.81. The fourth-order valence-corrected chi connectivity index (χ4v) is 0.508. The van der Waals surface area contributed by atoms with Crippen LogP contribution in [0.3, 0.4) is 0 Å². The summed E-state index contributed by atoms with van der Waals surface area (Å²) >= 11 is 0. The molecule has 0 fully saturated rings. The van der Waals surface area contributed by atoms with Crippen LogP contribution < -0.4 is 0 Å². The number of oxime groups is 2. The van der Waals surface area contributed by atoms with E-state index in [0.29, 0.717) is 0 Å². The van der Waals surface area contributed by atoms with Crippen molar-refractivity contribution in [3.8, 4) is 0 Å². The highest BCUT2D eigenvalue weighted by molar-refractivity contribution is 6.65. The van der Waals surface area contributed by atoms with E-state index < -0.39 is 11.7 Å². The second-order valence-corrected chi connectivity index (χ2v) is 1.85. The van der Waals surface area contributed by atoms with Gasteiger partial charge in [0, 0.05) is 0 Å². The predicted molar refractivity (Wildman–Crippen MR) is 40.8 cm³/mol. The topological polar surface area (TPSA) is 91.5 Å². The van der Waals surface area contributed by atoms with E-state index in [1.54, 1.807) is 6.92 Å². The molecule has 6 heteroatoms. The molecule has 0 bridgehead atoms.